The molecule has 0 radical (unpaired) electrons. The van der Waals surface area contributed by atoms with E-state index in [4.69, 9.17) is 10.1 Å². The monoisotopic (exact) mass is 487 g/mol. The normalized spacial score (nSPS) is 26.1. The molecule has 0 aromatic carbocycles. The number of amides is 2. The van der Waals surface area contributed by atoms with Crippen molar-refractivity contribution in [2.45, 2.75) is 70.4 Å². The first-order chi connectivity index (χ1) is 14.4. The van der Waals surface area contributed by atoms with Crippen molar-refractivity contribution in [1.29, 1.82) is 0 Å². The number of hydrogen-bond donors (Lipinski definition) is 1. The Hall–Kier alpha value is -1.64. The fourth-order valence-electron chi connectivity index (χ4n) is 5.15. The lowest BCUT2D eigenvalue weighted by atomic mass is 9.83. The van der Waals surface area contributed by atoms with Crippen LogP contribution in [-0.4, -0.2) is 75.6 Å². The van der Waals surface area contributed by atoms with Gasteiger partial charge in [-0.3, -0.25) is 14.7 Å². The maximum Gasteiger partial charge on any atom is 0.326 e. The number of fused-ring (bicyclic) bond motifs is 1. The van der Waals surface area contributed by atoms with Crippen molar-refractivity contribution in [3.63, 3.8) is 0 Å². The average Bonchev–Trinajstić information content (AvgIpc) is 2.90. The summed E-state index contributed by atoms with van der Waals surface area (Å²) in [5, 5.41) is 8.90. The number of carbonyl (C=O) groups excluding carboxylic acids is 1. The Morgan fingerprint density at radius 2 is 1.78 bits per heavy atom. The fourth-order valence-corrected chi connectivity index (χ4v) is 5.15. The summed E-state index contributed by atoms with van der Waals surface area (Å²) in [6.07, 6.45) is 8.45. The van der Waals surface area contributed by atoms with Crippen LogP contribution in [0.4, 0.5) is 10.6 Å². The number of halogens is 2. The van der Waals surface area contributed by atoms with Crippen LogP contribution >= 0.6 is 24.8 Å². The summed E-state index contributed by atoms with van der Waals surface area (Å²) in [6, 6.07) is 0.355. The topological polar surface area (TPSA) is 89.9 Å². The van der Waals surface area contributed by atoms with Gasteiger partial charge in [0, 0.05) is 44.9 Å². The van der Waals surface area contributed by atoms with Crippen molar-refractivity contribution in [1.82, 2.24) is 19.8 Å². The Morgan fingerprint density at radius 1 is 1.12 bits per heavy atom. The molecule has 2 aliphatic heterocycles. The van der Waals surface area contributed by atoms with Gasteiger partial charge in [0.25, 0.3) is 0 Å². The summed E-state index contributed by atoms with van der Waals surface area (Å²) in [5.41, 5.74) is 2.08. The van der Waals surface area contributed by atoms with Crippen molar-refractivity contribution < 1.29 is 14.7 Å². The maximum absolute atomic E-state index is 13.3. The number of nitrogens with zero attached hydrogens (tertiary/aromatic N) is 5. The SMILES string of the molecule is CC1CN(C2CCC(CCC(=O)O)CC2)C(=O)N1c1cnc2c(n1)CCN(C)CC2.Cl.Cl. The highest BCUT2D eigenvalue weighted by Crippen LogP contribution is 2.34. The Labute approximate surface area is 202 Å². The lowest BCUT2D eigenvalue weighted by Gasteiger charge is -2.34. The maximum atomic E-state index is 13.3. The molecule has 10 heteroatoms. The van der Waals surface area contributed by atoms with Crippen molar-refractivity contribution in [3.8, 4) is 0 Å². The second-order valence-corrected chi connectivity index (χ2v) is 9.19. The molecule has 0 bridgehead atoms. The summed E-state index contributed by atoms with van der Waals surface area (Å²) in [5.74, 6) is 0.426. The van der Waals surface area contributed by atoms with E-state index in [9.17, 15) is 9.59 Å². The summed E-state index contributed by atoms with van der Waals surface area (Å²) in [7, 11) is 2.12. The van der Waals surface area contributed by atoms with Crippen molar-refractivity contribution in [2.24, 2.45) is 5.92 Å². The number of urea groups is 1. The van der Waals surface area contributed by atoms with E-state index in [-0.39, 0.29) is 49.3 Å². The molecule has 2 fully saturated rings. The molecule has 3 aliphatic rings. The summed E-state index contributed by atoms with van der Waals surface area (Å²) < 4.78 is 0. The highest BCUT2D eigenvalue weighted by Gasteiger charge is 2.41. The van der Waals surface area contributed by atoms with Crippen LogP contribution in [0.1, 0.15) is 56.8 Å². The van der Waals surface area contributed by atoms with Crippen molar-refractivity contribution in [2.75, 3.05) is 31.6 Å². The predicted molar refractivity (Wildman–Crippen MR) is 128 cm³/mol. The van der Waals surface area contributed by atoms with E-state index in [1.165, 1.54) is 0 Å². The van der Waals surface area contributed by atoms with Gasteiger partial charge in [0.15, 0.2) is 5.82 Å². The number of hydrogen-bond acceptors (Lipinski definition) is 5. The number of carboxylic acids is 1. The number of rotatable bonds is 5. The van der Waals surface area contributed by atoms with Gasteiger partial charge in [-0.2, -0.15) is 0 Å². The molecule has 32 heavy (non-hydrogen) atoms. The lowest BCUT2D eigenvalue weighted by Crippen LogP contribution is -2.41. The average molecular weight is 488 g/mol. The van der Waals surface area contributed by atoms with Crippen LogP contribution in [0.5, 0.6) is 0 Å². The molecule has 1 aromatic rings. The van der Waals surface area contributed by atoms with Gasteiger partial charge in [0.1, 0.15) is 0 Å². The van der Waals surface area contributed by atoms with Crippen LogP contribution < -0.4 is 4.90 Å². The van der Waals surface area contributed by atoms with Crippen molar-refractivity contribution >= 4 is 42.6 Å². The highest BCUT2D eigenvalue weighted by atomic mass is 35.5. The smallest absolute Gasteiger partial charge is 0.326 e. The first-order valence-corrected chi connectivity index (χ1v) is 11.3. The number of carboxylic acid groups (broad SMARTS) is 1. The molecule has 1 atom stereocenters. The molecular weight excluding hydrogens is 453 g/mol. The third-order valence-corrected chi connectivity index (χ3v) is 7.00. The van der Waals surface area contributed by atoms with Gasteiger partial charge in [-0.15, -0.1) is 24.8 Å². The number of aliphatic carboxylic acids is 1. The Morgan fingerprint density at radius 3 is 2.44 bits per heavy atom. The molecule has 1 aromatic heterocycles. The van der Waals surface area contributed by atoms with Crippen LogP contribution in [0.3, 0.4) is 0 Å². The predicted octanol–water partition coefficient (Wildman–Crippen LogP) is 3.40. The van der Waals surface area contributed by atoms with E-state index >= 15 is 0 Å². The fraction of sp³-hybridized carbons (Fsp3) is 0.727. The Kier molecular flexibility index (Phi) is 9.54. The number of aromatic nitrogens is 2. The van der Waals surface area contributed by atoms with Gasteiger partial charge in [-0.05, 0) is 52.0 Å². The van der Waals surface area contributed by atoms with E-state index in [1.807, 2.05) is 9.80 Å². The summed E-state index contributed by atoms with van der Waals surface area (Å²) in [6.45, 7) is 4.75. The summed E-state index contributed by atoms with van der Waals surface area (Å²) in [4.78, 5) is 39.8. The summed E-state index contributed by atoms with van der Waals surface area (Å²) >= 11 is 0. The van der Waals surface area contributed by atoms with Gasteiger partial charge in [-0.25, -0.2) is 9.78 Å². The minimum absolute atomic E-state index is 0. The molecule has 180 valence electrons. The van der Waals surface area contributed by atoms with E-state index in [1.54, 1.807) is 6.20 Å². The second-order valence-electron chi connectivity index (χ2n) is 9.19. The van der Waals surface area contributed by atoms with Crippen LogP contribution in [0.2, 0.25) is 0 Å². The molecule has 2 amide bonds. The van der Waals surface area contributed by atoms with Gasteiger partial charge in [-0.1, -0.05) is 0 Å². The molecule has 1 saturated carbocycles. The molecule has 1 N–H and O–H groups in total. The lowest BCUT2D eigenvalue weighted by molar-refractivity contribution is -0.137. The number of anilines is 1. The highest BCUT2D eigenvalue weighted by molar-refractivity contribution is 5.94. The first kappa shape index (κ1) is 26.6. The minimum Gasteiger partial charge on any atom is -0.481 e. The molecule has 1 saturated heterocycles. The molecular formula is C22H35Cl2N5O3. The number of likely N-dealkylation sites (N-methyl/N-ethyl adjacent to an activating group) is 1. The standard InChI is InChI=1S/C22H33N5O3.2ClH/c1-15-14-26(17-6-3-16(4-7-17)5-8-21(28)29)22(30)27(15)20-13-23-18-9-11-25(2)12-10-19(18)24-20;;/h13,15-17H,3-12,14H2,1-2H3,(H,28,29);2*1H. The minimum atomic E-state index is -0.718. The second kappa shape index (κ2) is 11.5. The zero-order chi connectivity index (χ0) is 21.3. The van der Waals surface area contributed by atoms with Crippen LogP contribution in [0.15, 0.2) is 6.20 Å². The van der Waals surface area contributed by atoms with Gasteiger partial charge in [0.05, 0.1) is 23.6 Å². The third kappa shape index (κ3) is 5.83. The molecule has 0 spiro atoms. The van der Waals surface area contributed by atoms with E-state index in [0.717, 1.165) is 69.4 Å². The Bertz CT molecular complexity index is 804. The van der Waals surface area contributed by atoms with Gasteiger partial charge in [0.2, 0.25) is 0 Å². The zero-order valence-corrected chi connectivity index (χ0v) is 20.5. The van der Waals surface area contributed by atoms with Crippen LogP contribution in [-0.2, 0) is 17.6 Å². The largest absolute Gasteiger partial charge is 0.481 e. The molecule has 3 heterocycles. The third-order valence-electron chi connectivity index (χ3n) is 7.00. The zero-order valence-electron chi connectivity index (χ0n) is 18.9. The Balaban J connectivity index is 0.00000181. The van der Waals surface area contributed by atoms with Gasteiger partial charge < -0.3 is 14.9 Å². The van der Waals surface area contributed by atoms with Crippen LogP contribution in [0, 0.1) is 5.92 Å². The van der Waals surface area contributed by atoms with Crippen molar-refractivity contribution in [3.05, 3.63) is 17.6 Å². The molecule has 1 aliphatic carbocycles. The van der Waals surface area contributed by atoms with E-state index < -0.39 is 5.97 Å². The van der Waals surface area contributed by atoms with E-state index in [0.29, 0.717) is 18.3 Å². The van der Waals surface area contributed by atoms with Gasteiger partial charge >= 0.3 is 12.0 Å². The molecule has 8 nitrogen and oxygen atoms in total. The quantitative estimate of drug-likeness (QED) is 0.684. The number of carbonyl (C=O) groups is 2. The van der Waals surface area contributed by atoms with Crippen LogP contribution in [0.25, 0.3) is 0 Å². The first-order valence-electron chi connectivity index (χ1n) is 11.3. The molecule has 1 unspecified atom stereocenters. The molecule has 4 rings (SSSR count). The van der Waals surface area contributed by atoms with E-state index in [2.05, 4.69) is 23.9 Å².